The zero-order valence-corrected chi connectivity index (χ0v) is 9.13. The minimum atomic E-state index is -0.854. The normalized spacial score (nSPS) is 11.4. The minimum absolute atomic E-state index is 0.118. The van der Waals surface area contributed by atoms with Gasteiger partial charge in [0.05, 0.1) is 18.2 Å². The van der Waals surface area contributed by atoms with E-state index in [1.54, 1.807) is 6.92 Å². The van der Waals surface area contributed by atoms with Crippen LogP contribution in [0.15, 0.2) is 18.2 Å². The Balaban J connectivity index is 2.60. The summed E-state index contributed by atoms with van der Waals surface area (Å²) in [5.41, 5.74) is -0.118. The molecule has 1 atom stereocenters. The molecular weight excluding hydrogens is 228 g/mol. The van der Waals surface area contributed by atoms with E-state index in [0.29, 0.717) is 6.07 Å². The highest BCUT2D eigenvalue weighted by Crippen LogP contribution is 2.14. The fourth-order valence-electron chi connectivity index (χ4n) is 1.16. The van der Waals surface area contributed by atoms with Crippen molar-refractivity contribution in [3.05, 3.63) is 29.8 Å². The molecule has 0 aliphatic rings. The topological polar surface area (TPSA) is 64.9 Å². The zero-order chi connectivity index (χ0) is 12.8. The Labute approximate surface area is 97.2 Å². The predicted molar refractivity (Wildman–Crippen MR) is 58.2 cm³/mol. The molecule has 0 saturated carbocycles. The predicted octanol–water partition coefficient (Wildman–Crippen LogP) is 2.39. The molecule has 2 amide bonds. The molecule has 1 rings (SSSR count). The molecule has 2 N–H and O–H groups in total. The third-order valence-electron chi connectivity index (χ3n) is 1.95. The van der Waals surface area contributed by atoms with E-state index in [4.69, 9.17) is 5.26 Å². The Morgan fingerprint density at radius 1 is 1.53 bits per heavy atom. The summed E-state index contributed by atoms with van der Waals surface area (Å²) in [6, 6.07) is 3.74. The van der Waals surface area contributed by atoms with Crippen molar-refractivity contribution in [2.24, 2.45) is 0 Å². The van der Waals surface area contributed by atoms with Gasteiger partial charge in [0.15, 0.2) is 0 Å². The van der Waals surface area contributed by atoms with E-state index in [2.05, 4.69) is 10.6 Å². The van der Waals surface area contributed by atoms with Crippen LogP contribution in [0.2, 0.25) is 0 Å². The number of nitriles is 1. The number of hydrogen-bond acceptors (Lipinski definition) is 2. The lowest BCUT2D eigenvalue weighted by atomic mass is 10.2. The van der Waals surface area contributed by atoms with Gasteiger partial charge in [-0.05, 0) is 19.1 Å². The maximum absolute atomic E-state index is 13.2. The average Bonchev–Trinajstić information content (AvgIpc) is 2.22. The molecule has 90 valence electrons. The molecule has 0 aliphatic heterocycles. The maximum Gasteiger partial charge on any atom is 0.319 e. The van der Waals surface area contributed by atoms with Crippen molar-refractivity contribution in [1.29, 1.82) is 5.26 Å². The Kier molecular flexibility index (Phi) is 4.40. The molecular formula is C11H11F2N3O. The Hall–Kier alpha value is -2.16. The van der Waals surface area contributed by atoms with Gasteiger partial charge in [-0.2, -0.15) is 5.26 Å². The van der Waals surface area contributed by atoms with Crippen molar-refractivity contribution in [1.82, 2.24) is 5.32 Å². The second-order valence-electron chi connectivity index (χ2n) is 3.49. The van der Waals surface area contributed by atoms with Crippen LogP contribution >= 0.6 is 0 Å². The third-order valence-corrected chi connectivity index (χ3v) is 1.95. The van der Waals surface area contributed by atoms with Crippen LogP contribution in [0.3, 0.4) is 0 Å². The minimum Gasteiger partial charge on any atom is -0.334 e. The fraction of sp³-hybridized carbons (Fsp3) is 0.273. The van der Waals surface area contributed by atoms with E-state index in [1.807, 2.05) is 6.07 Å². The van der Waals surface area contributed by atoms with E-state index >= 15 is 0 Å². The van der Waals surface area contributed by atoms with Crippen molar-refractivity contribution < 1.29 is 13.6 Å². The van der Waals surface area contributed by atoms with Crippen LogP contribution in [-0.2, 0) is 0 Å². The Morgan fingerprint density at radius 3 is 2.82 bits per heavy atom. The maximum atomic E-state index is 13.2. The lowest BCUT2D eigenvalue weighted by Crippen LogP contribution is -2.36. The fourth-order valence-corrected chi connectivity index (χ4v) is 1.16. The molecule has 0 bridgehead atoms. The number of amides is 2. The van der Waals surface area contributed by atoms with Crippen LogP contribution in [0.1, 0.15) is 13.3 Å². The summed E-state index contributed by atoms with van der Waals surface area (Å²) in [6.45, 7) is 1.64. The molecule has 0 fully saturated rings. The number of urea groups is 1. The van der Waals surface area contributed by atoms with Gasteiger partial charge in [0.2, 0.25) is 0 Å². The Morgan fingerprint density at radius 2 is 2.24 bits per heavy atom. The van der Waals surface area contributed by atoms with Gasteiger partial charge in [-0.15, -0.1) is 0 Å². The summed E-state index contributed by atoms with van der Waals surface area (Å²) in [5.74, 6) is -1.57. The molecule has 0 aliphatic carbocycles. The molecule has 6 heteroatoms. The van der Waals surface area contributed by atoms with Crippen molar-refractivity contribution in [2.75, 3.05) is 5.32 Å². The monoisotopic (exact) mass is 239 g/mol. The number of anilines is 1. The van der Waals surface area contributed by atoms with Gasteiger partial charge in [0, 0.05) is 12.1 Å². The van der Waals surface area contributed by atoms with Crippen LogP contribution in [-0.4, -0.2) is 12.1 Å². The van der Waals surface area contributed by atoms with Gasteiger partial charge in [-0.25, -0.2) is 13.6 Å². The second kappa shape index (κ2) is 5.80. The number of benzene rings is 1. The van der Waals surface area contributed by atoms with E-state index in [9.17, 15) is 13.6 Å². The largest absolute Gasteiger partial charge is 0.334 e. The number of nitrogens with zero attached hydrogens (tertiary/aromatic N) is 1. The quantitative estimate of drug-likeness (QED) is 0.850. The van der Waals surface area contributed by atoms with Crippen LogP contribution in [0, 0.1) is 23.0 Å². The first-order valence-corrected chi connectivity index (χ1v) is 4.92. The molecule has 1 aromatic carbocycles. The summed E-state index contributed by atoms with van der Waals surface area (Å²) in [6.07, 6.45) is 0.152. The number of carbonyl (C=O) groups excluding carboxylic acids is 1. The lowest BCUT2D eigenvalue weighted by molar-refractivity contribution is 0.249. The zero-order valence-electron chi connectivity index (χ0n) is 9.13. The van der Waals surface area contributed by atoms with Crippen LogP contribution in [0.25, 0.3) is 0 Å². The molecule has 0 spiro atoms. The van der Waals surface area contributed by atoms with E-state index in [1.165, 1.54) is 0 Å². The van der Waals surface area contributed by atoms with Crippen LogP contribution < -0.4 is 10.6 Å². The van der Waals surface area contributed by atoms with Gasteiger partial charge in [-0.1, -0.05) is 0 Å². The first kappa shape index (κ1) is 12.9. The lowest BCUT2D eigenvalue weighted by Gasteiger charge is -2.12. The van der Waals surface area contributed by atoms with Crippen molar-refractivity contribution >= 4 is 11.7 Å². The highest BCUT2D eigenvalue weighted by atomic mass is 19.1. The molecule has 0 heterocycles. The molecule has 1 unspecified atom stereocenters. The summed E-state index contributed by atoms with van der Waals surface area (Å²) < 4.78 is 25.8. The standard InChI is InChI=1S/C11H11F2N3O/c1-7(4-5-14)15-11(17)16-10-3-2-8(12)6-9(10)13/h2-3,6-7H,4H2,1H3,(H2,15,16,17). The third kappa shape index (κ3) is 4.07. The number of carbonyl (C=O) groups is 1. The van der Waals surface area contributed by atoms with Gasteiger partial charge in [0.1, 0.15) is 11.6 Å². The SMILES string of the molecule is CC(CC#N)NC(=O)Nc1ccc(F)cc1F. The molecule has 0 aromatic heterocycles. The summed E-state index contributed by atoms with van der Waals surface area (Å²) in [5, 5.41) is 13.1. The van der Waals surface area contributed by atoms with E-state index in [-0.39, 0.29) is 18.2 Å². The van der Waals surface area contributed by atoms with Gasteiger partial charge in [-0.3, -0.25) is 0 Å². The molecule has 4 nitrogen and oxygen atoms in total. The summed E-state index contributed by atoms with van der Waals surface area (Å²) >= 11 is 0. The van der Waals surface area contributed by atoms with Crippen molar-refractivity contribution in [3.63, 3.8) is 0 Å². The first-order chi connectivity index (χ1) is 8.02. The van der Waals surface area contributed by atoms with Crippen LogP contribution in [0.5, 0.6) is 0 Å². The highest BCUT2D eigenvalue weighted by molar-refractivity contribution is 5.89. The number of hydrogen-bond donors (Lipinski definition) is 2. The summed E-state index contributed by atoms with van der Waals surface area (Å²) in [4.78, 5) is 11.3. The van der Waals surface area contributed by atoms with E-state index < -0.39 is 17.7 Å². The smallest absolute Gasteiger partial charge is 0.319 e. The van der Waals surface area contributed by atoms with Crippen molar-refractivity contribution in [3.8, 4) is 6.07 Å². The highest BCUT2D eigenvalue weighted by Gasteiger charge is 2.10. The van der Waals surface area contributed by atoms with Gasteiger partial charge >= 0.3 is 6.03 Å². The molecule has 0 saturated heterocycles. The van der Waals surface area contributed by atoms with Crippen molar-refractivity contribution in [2.45, 2.75) is 19.4 Å². The number of rotatable bonds is 3. The molecule has 0 radical (unpaired) electrons. The molecule has 17 heavy (non-hydrogen) atoms. The number of nitrogens with one attached hydrogen (secondary N) is 2. The second-order valence-corrected chi connectivity index (χ2v) is 3.49. The first-order valence-electron chi connectivity index (χ1n) is 4.92. The van der Waals surface area contributed by atoms with Crippen LogP contribution in [0.4, 0.5) is 19.3 Å². The Bertz CT molecular complexity index is 457. The van der Waals surface area contributed by atoms with Gasteiger partial charge < -0.3 is 10.6 Å². The summed E-state index contributed by atoms with van der Waals surface area (Å²) in [7, 11) is 0. The number of halogens is 2. The van der Waals surface area contributed by atoms with Gasteiger partial charge in [0.25, 0.3) is 0 Å². The average molecular weight is 239 g/mol. The molecule has 1 aromatic rings. The van der Waals surface area contributed by atoms with E-state index in [0.717, 1.165) is 12.1 Å².